The first-order valence-electron chi connectivity index (χ1n) is 5.49. The monoisotopic (exact) mass is 234 g/mol. The maximum absolute atomic E-state index is 11.5. The Balaban J connectivity index is 2.37. The van der Waals surface area contributed by atoms with E-state index >= 15 is 0 Å². The van der Waals surface area contributed by atoms with E-state index in [-0.39, 0.29) is 17.9 Å². The number of esters is 2. The summed E-state index contributed by atoms with van der Waals surface area (Å²) in [4.78, 5) is 23.0. The molecule has 1 atom stereocenters. The van der Waals surface area contributed by atoms with E-state index in [1.54, 1.807) is 6.07 Å². The van der Waals surface area contributed by atoms with Crippen LogP contribution in [0.3, 0.4) is 0 Å². The number of carbonyl (C=O) groups is 2. The van der Waals surface area contributed by atoms with Crippen LogP contribution in [-0.2, 0) is 14.3 Å². The van der Waals surface area contributed by atoms with Crippen molar-refractivity contribution in [2.24, 2.45) is 0 Å². The molecule has 0 N–H and O–H groups in total. The third kappa shape index (κ3) is 2.16. The van der Waals surface area contributed by atoms with Crippen LogP contribution in [0.1, 0.15) is 33.8 Å². The highest BCUT2D eigenvalue weighted by atomic mass is 16.5. The summed E-state index contributed by atoms with van der Waals surface area (Å²) in [5.74, 6) is -0.848. The Kier molecular flexibility index (Phi) is 3.13. The van der Waals surface area contributed by atoms with Gasteiger partial charge in [-0.3, -0.25) is 4.79 Å². The minimum absolute atomic E-state index is 0.218. The van der Waals surface area contributed by atoms with Gasteiger partial charge in [-0.25, -0.2) is 4.79 Å². The van der Waals surface area contributed by atoms with Crippen LogP contribution in [0.5, 0.6) is 0 Å². The van der Waals surface area contributed by atoms with Gasteiger partial charge in [-0.15, -0.1) is 0 Å². The molecule has 1 aromatic carbocycles. The molecule has 1 aliphatic heterocycles. The molecule has 0 amide bonds. The largest absolute Gasteiger partial charge is 0.465 e. The summed E-state index contributed by atoms with van der Waals surface area (Å²) in [6.07, 6.45) is 0.669. The zero-order valence-electron chi connectivity index (χ0n) is 9.86. The fourth-order valence-electron chi connectivity index (χ4n) is 1.98. The number of methoxy groups -OCH3 is 1. The standard InChI is InChI=1S/C13H14O4/c1-8-3-4-9(7-11(8)12(14)16-2)10-5-6-17-13(10)15/h3-4,7,10H,5-6H2,1-2H3. The summed E-state index contributed by atoms with van der Waals surface area (Å²) < 4.78 is 9.63. The number of benzene rings is 1. The Morgan fingerprint density at radius 1 is 1.47 bits per heavy atom. The molecule has 17 heavy (non-hydrogen) atoms. The van der Waals surface area contributed by atoms with Gasteiger partial charge < -0.3 is 9.47 Å². The van der Waals surface area contributed by atoms with Gasteiger partial charge in [0.05, 0.1) is 25.2 Å². The first-order chi connectivity index (χ1) is 8.13. The first kappa shape index (κ1) is 11.6. The fraction of sp³-hybridized carbons (Fsp3) is 0.385. The normalized spacial score (nSPS) is 18.9. The molecular formula is C13H14O4. The lowest BCUT2D eigenvalue weighted by Crippen LogP contribution is -2.09. The molecule has 0 aliphatic carbocycles. The molecule has 0 radical (unpaired) electrons. The molecule has 0 spiro atoms. The highest BCUT2D eigenvalue weighted by Gasteiger charge is 2.28. The van der Waals surface area contributed by atoms with Gasteiger partial charge in [-0.2, -0.15) is 0 Å². The molecule has 1 saturated heterocycles. The number of carbonyl (C=O) groups excluding carboxylic acids is 2. The molecular weight excluding hydrogens is 220 g/mol. The van der Waals surface area contributed by atoms with Crippen LogP contribution in [0.15, 0.2) is 18.2 Å². The molecule has 2 rings (SSSR count). The maximum Gasteiger partial charge on any atom is 0.338 e. The number of hydrogen-bond acceptors (Lipinski definition) is 4. The minimum atomic E-state index is -0.379. The van der Waals surface area contributed by atoms with Gasteiger partial charge >= 0.3 is 11.9 Å². The Morgan fingerprint density at radius 3 is 2.82 bits per heavy atom. The molecule has 0 bridgehead atoms. The lowest BCUT2D eigenvalue weighted by molar-refractivity contribution is -0.139. The van der Waals surface area contributed by atoms with E-state index in [0.29, 0.717) is 18.6 Å². The molecule has 1 fully saturated rings. The zero-order chi connectivity index (χ0) is 12.4. The van der Waals surface area contributed by atoms with Crippen molar-refractivity contribution in [2.75, 3.05) is 13.7 Å². The lowest BCUT2D eigenvalue weighted by atomic mass is 9.94. The fourth-order valence-corrected chi connectivity index (χ4v) is 1.98. The van der Waals surface area contributed by atoms with Crippen molar-refractivity contribution in [1.29, 1.82) is 0 Å². The Bertz CT molecular complexity index is 464. The van der Waals surface area contributed by atoms with Crippen molar-refractivity contribution < 1.29 is 19.1 Å². The van der Waals surface area contributed by atoms with Gasteiger partial charge in [-0.1, -0.05) is 12.1 Å². The van der Waals surface area contributed by atoms with E-state index in [0.717, 1.165) is 11.1 Å². The summed E-state index contributed by atoms with van der Waals surface area (Å²) in [6.45, 7) is 2.29. The Labute approximate surface area is 99.5 Å². The number of ether oxygens (including phenoxy) is 2. The predicted octanol–water partition coefficient (Wildman–Crippen LogP) is 1.81. The highest BCUT2D eigenvalue weighted by molar-refractivity contribution is 5.91. The highest BCUT2D eigenvalue weighted by Crippen LogP contribution is 2.28. The van der Waals surface area contributed by atoms with Crippen molar-refractivity contribution in [3.05, 3.63) is 34.9 Å². The number of aryl methyl sites for hydroxylation is 1. The number of rotatable bonds is 2. The third-order valence-corrected chi connectivity index (χ3v) is 3.00. The van der Waals surface area contributed by atoms with E-state index in [2.05, 4.69) is 0 Å². The molecule has 90 valence electrons. The minimum Gasteiger partial charge on any atom is -0.465 e. The summed E-state index contributed by atoms with van der Waals surface area (Å²) >= 11 is 0. The van der Waals surface area contributed by atoms with E-state index < -0.39 is 0 Å². The van der Waals surface area contributed by atoms with Crippen LogP contribution < -0.4 is 0 Å². The second-order valence-corrected chi connectivity index (χ2v) is 4.07. The molecule has 4 heteroatoms. The van der Waals surface area contributed by atoms with Crippen molar-refractivity contribution in [2.45, 2.75) is 19.3 Å². The third-order valence-electron chi connectivity index (χ3n) is 3.00. The second kappa shape index (κ2) is 4.57. The van der Waals surface area contributed by atoms with Gasteiger partial charge in [0.1, 0.15) is 0 Å². The SMILES string of the molecule is COC(=O)c1cc(C2CCOC2=O)ccc1C. The number of cyclic esters (lactones) is 1. The average molecular weight is 234 g/mol. The van der Waals surface area contributed by atoms with Crippen LogP contribution in [0.4, 0.5) is 0 Å². The van der Waals surface area contributed by atoms with Crippen molar-refractivity contribution in [3.8, 4) is 0 Å². The van der Waals surface area contributed by atoms with Crippen molar-refractivity contribution in [1.82, 2.24) is 0 Å². The molecule has 4 nitrogen and oxygen atoms in total. The molecule has 1 aliphatic rings. The lowest BCUT2D eigenvalue weighted by Gasteiger charge is -2.09. The topological polar surface area (TPSA) is 52.6 Å². The molecule has 1 unspecified atom stereocenters. The van der Waals surface area contributed by atoms with Gasteiger partial charge in [0.15, 0.2) is 0 Å². The number of hydrogen-bond donors (Lipinski definition) is 0. The summed E-state index contributed by atoms with van der Waals surface area (Å²) in [7, 11) is 1.35. The van der Waals surface area contributed by atoms with E-state index in [1.807, 2.05) is 19.1 Å². The van der Waals surface area contributed by atoms with Gasteiger partial charge in [0.25, 0.3) is 0 Å². The van der Waals surface area contributed by atoms with Crippen LogP contribution in [0.2, 0.25) is 0 Å². The van der Waals surface area contributed by atoms with Gasteiger partial charge in [-0.05, 0) is 30.5 Å². The van der Waals surface area contributed by atoms with Crippen LogP contribution >= 0.6 is 0 Å². The maximum atomic E-state index is 11.5. The van der Waals surface area contributed by atoms with Crippen LogP contribution in [0, 0.1) is 6.92 Å². The summed E-state index contributed by atoms with van der Waals surface area (Å²) in [5, 5.41) is 0. The smallest absolute Gasteiger partial charge is 0.338 e. The second-order valence-electron chi connectivity index (χ2n) is 4.07. The molecule has 1 aromatic rings. The molecule has 1 heterocycles. The van der Waals surface area contributed by atoms with Gasteiger partial charge in [0.2, 0.25) is 0 Å². The van der Waals surface area contributed by atoms with Gasteiger partial charge in [0, 0.05) is 0 Å². The summed E-state index contributed by atoms with van der Waals surface area (Å²) in [6, 6.07) is 5.41. The Morgan fingerprint density at radius 2 is 2.24 bits per heavy atom. The molecule has 0 aromatic heterocycles. The van der Waals surface area contributed by atoms with Crippen molar-refractivity contribution >= 4 is 11.9 Å². The van der Waals surface area contributed by atoms with E-state index in [1.165, 1.54) is 7.11 Å². The molecule has 0 saturated carbocycles. The van der Waals surface area contributed by atoms with Crippen LogP contribution in [-0.4, -0.2) is 25.7 Å². The van der Waals surface area contributed by atoms with Crippen molar-refractivity contribution in [3.63, 3.8) is 0 Å². The predicted molar refractivity (Wildman–Crippen MR) is 60.8 cm³/mol. The van der Waals surface area contributed by atoms with E-state index in [9.17, 15) is 9.59 Å². The Hall–Kier alpha value is -1.84. The van der Waals surface area contributed by atoms with E-state index in [4.69, 9.17) is 9.47 Å². The average Bonchev–Trinajstić information content (AvgIpc) is 2.75. The first-order valence-corrected chi connectivity index (χ1v) is 5.49. The quantitative estimate of drug-likeness (QED) is 0.732. The van der Waals surface area contributed by atoms with Crippen LogP contribution in [0.25, 0.3) is 0 Å². The summed E-state index contributed by atoms with van der Waals surface area (Å²) in [5.41, 5.74) is 2.16. The zero-order valence-corrected chi connectivity index (χ0v) is 9.86.